The highest BCUT2D eigenvalue weighted by Crippen LogP contribution is 2.39. The van der Waals surface area contributed by atoms with E-state index in [-0.39, 0.29) is 21.6 Å². The molecule has 0 aliphatic heterocycles. The lowest BCUT2D eigenvalue weighted by Gasteiger charge is -2.25. The van der Waals surface area contributed by atoms with Gasteiger partial charge in [-0.1, -0.05) is 20.8 Å². The summed E-state index contributed by atoms with van der Waals surface area (Å²) < 4.78 is 23.7. The van der Waals surface area contributed by atoms with Crippen LogP contribution in [0.4, 0.5) is 0 Å². The van der Waals surface area contributed by atoms with Gasteiger partial charge in [0.25, 0.3) is 0 Å². The van der Waals surface area contributed by atoms with Gasteiger partial charge in [0.05, 0.1) is 4.90 Å². The van der Waals surface area contributed by atoms with Crippen LogP contribution < -0.4 is 0 Å². The van der Waals surface area contributed by atoms with Crippen molar-refractivity contribution in [2.24, 2.45) is 0 Å². The predicted octanol–water partition coefficient (Wildman–Crippen LogP) is 2.10. The summed E-state index contributed by atoms with van der Waals surface area (Å²) in [7, 11) is -3.56. The third kappa shape index (κ3) is 2.89. The predicted molar refractivity (Wildman–Crippen MR) is 71.6 cm³/mol. The molecule has 0 unspecified atom stereocenters. The molecule has 0 atom stereocenters. The molecule has 0 saturated carbocycles. The van der Waals surface area contributed by atoms with Gasteiger partial charge < -0.3 is 10.2 Å². The van der Waals surface area contributed by atoms with E-state index in [1.54, 1.807) is 20.8 Å². The van der Waals surface area contributed by atoms with Crippen LogP contribution in [0.1, 0.15) is 42.3 Å². The normalized spacial score (nSPS) is 12.5. The molecular formula is C13H18O5S. The molecule has 6 heteroatoms. The van der Waals surface area contributed by atoms with Crippen molar-refractivity contribution in [2.75, 3.05) is 6.26 Å². The number of carbonyl (C=O) groups is 1. The summed E-state index contributed by atoms with van der Waals surface area (Å²) >= 11 is 0. The summed E-state index contributed by atoms with van der Waals surface area (Å²) in [5.41, 5.74) is -0.589. The first kappa shape index (κ1) is 15.5. The molecule has 0 radical (unpaired) electrons. The Kier molecular flexibility index (Phi) is 3.69. The van der Waals surface area contributed by atoms with Gasteiger partial charge in [-0.15, -0.1) is 0 Å². The molecule has 5 nitrogen and oxygen atoms in total. The molecule has 0 amide bonds. The Morgan fingerprint density at radius 2 is 1.74 bits per heavy atom. The highest BCUT2D eigenvalue weighted by molar-refractivity contribution is 7.90. The Morgan fingerprint density at radius 1 is 1.26 bits per heavy atom. The third-order valence-electron chi connectivity index (χ3n) is 2.83. The molecule has 0 bridgehead atoms. The van der Waals surface area contributed by atoms with E-state index in [0.29, 0.717) is 0 Å². The van der Waals surface area contributed by atoms with Gasteiger partial charge in [0, 0.05) is 11.8 Å². The Hall–Kier alpha value is -1.56. The molecular weight excluding hydrogens is 268 g/mol. The fourth-order valence-electron chi connectivity index (χ4n) is 2.06. The molecule has 2 N–H and O–H groups in total. The quantitative estimate of drug-likeness (QED) is 0.868. The summed E-state index contributed by atoms with van der Waals surface area (Å²) in [5.74, 6) is -1.75. The number of aromatic hydroxyl groups is 1. The van der Waals surface area contributed by atoms with Gasteiger partial charge in [0.2, 0.25) is 0 Å². The van der Waals surface area contributed by atoms with Crippen LogP contribution >= 0.6 is 0 Å². The number of hydrogen-bond acceptors (Lipinski definition) is 4. The van der Waals surface area contributed by atoms with Crippen molar-refractivity contribution in [3.8, 4) is 5.75 Å². The molecule has 1 rings (SSSR count). The van der Waals surface area contributed by atoms with Crippen molar-refractivity contribution in [1.82, 2.24) is 0 Å². The molecule has 0 heterocycles. The molecule has 19 heavy (non-hydrogen) atoms. The molecule has 0 fully saturated rings. The lowest BCUT2D eigenvalue weighted by molar-refractivity contribution is 0.0692. The standard InChI is InChI=1S/C13H18O5S/c1-7-6-8(19(5,17)18)10(13(2,3)4)11(14)9(7)12(15)16/h6,14H,1-5H3,(H,15,16). The molecule has 106 valence electrons. The van der Waals surface area contributed by atoms with Crippen molar-refractivity contribution in [3.05, 3.63) is 22.8 Å². The van der Waals surface area contributed by atoms with Crippen molar-refractivity contribution >= 4 is 15.8 Å². The van der Waals surface area contributed by atoms with E-state index in [9.17, 15) is 18.3 Å². The SMILES string of the molecule is Cc1cc(S(C)(=O)=O)c(C(C)(C)C)c(O)c1C(=O)O. The Bertz CT molecular complexity index is 636. The van der Waals surface area contributed by atoms with Crippen LogP contribution in [0.2, 0.25) is 0 Å². The van der Waals surface area contributed by atoms with Crippen LogP contribution in [0.5, 0.6) is 5.75 Å². The smallest absolute Gasteiger partial charge is 0.339 e. The summed E-state index contributed by atoms with van der Waals surface area (Å²) in [6.07, 6.45) is 1.04. The average Bonchev–Trinajstić information content (AvgIpc) is 2.11. The van der Waals surface area contributed by atoms with Crippen molar-refractivity contribution < 1.29 is 23.4 Å². The molecule has 0 aliphatic rings. The number of carboxylic acid groups (broad SMARTS) is 1. The molecule has 0 spiro atoms. The Morgan fingerprint density at radius 3 is 2.05 bits per heavy atom. The second-order valence-corrected chi connectivity index (χ2v) is 7.60. The highest BCUT2D eigenvalue weighted by Gasteiger charge is 2.31. The van der Waals surface area contributed by atoms with Crippen molar-refractivity contribution in [2.45, 2.75) is 38.0 Å². The van der Waals surface area contributed by atoms with Crippen LogP contribution in [-0.4, -0.2) is 30.9 Å². The number of aromatic carboxylic acids is 1. The van der Waals surface area contributed by atoms with E-state index in [0.717, 1.165) is 6.26 Å². The number of hydrogen-bond donors (Lipinski definition) is 2. The lowest BCUT2D eigenvalue weighted by Crippen LogP contribution is -2.19. The Labute approximate surface area is 112 Å². The number of phenols is 1. The average molecular weight is 286 g/mol. The molecule has 0 aromatic heterocycles. The van der Waals surface area contributed by atoms with Gasteiger partial charge in [-0.05, 0) is 24.0 Å². The minimum atomic E-state index is -3.56. The van der Waals surface area contributed by atoms with E-state index >= 15 is 0 Å². The van der Waals surface area contributed by atoms with E-state index < -0.39 is 27.0 Å². The first-order valence-corrected chi connectivity index (χ1v) is 7.57. The summed E-state index contributed by atoms with van der Waals surface area (Å²) in [6.45, 7) is 6.62. The number of carboxylic acids is 1. The first-order chi connectivity index (χ1) is 8.37. The second-order valence-electron chi connectivity index (χ2n) is 5.62. The van der Waals surface area contributed by atoms with Crippen LogP contribution in [0.25, 0.3) is 0 Å². The van der Waals surface area contributed by atoms with E-state index in [4.69, 9.17) is 5.11 Å². The van der Waals surface area contributed by atoms with Crippen LogP contribution in [-0.2, 0) is 15.3 Å². The number of benzene rings is 1. The summed E-state index contributed by atoms with van der Waals surface area (Å²) in [6, 6.07) is 1.30. The molecule has 0 aliphatic carbocycles. The maximum atomic E-state index is 11.8. The highest BCUT2D eigenvalue weighted by atomic mass is 32.2. The van der Waals surface area contributed by atoms with E-state index in [1.165, 1.54) is 13.0 Å². The minimum absolute atomic E-state index is 0.0278. The molecule has 1 aromatic rings. The van der Waals surface area contributed by atoms with Crippen LogP contribution in [0.15, 0.2) is 11.0 Å². The van der Waals surface area contributed by atoms with Gasteiger partial charge >= 0.3 is 5.97 Å². The van der Waals surface area contributed by atoms with Gasteiger partial charge in [-0.25, -0.2) is 13.2 Å². The number of sulfone groups is 1. The van der Waals surface area contributed by atoms with Gasteiger partial charge in [-0.2, -0.15) is 0 Å². The number of rotatable bonds is 2. The van der Waals surface area contributed by atoms with Gasteiger partial charge in [0.1, 0.15) is 11.3 Å². The largest absolute Gasteiger partial charge is 0.507 e. The maximum absolute atomic E-state index is 11.8. The minimum Gasteiger partial charge on any atom is -0.507 e. The molecule has 0 saturated heterocycles. The third-order valence-corrected chi connectivity index (χ3v) is 3.95. The van der Waals surface area contributed by atoms with Crippen LogP contribution in [0.3, 0.4) is 0 Å². The van der Waals surface area contributed by atoms with Crippen molar-refractivity contribution in [3.63, 3.8) is 0 Å². The number of aryl methyl sites for hydroxylation is 1. The van der Waals surface area contributed by atoms with Crippen LogP contribution in [0, 0.1) is 6.92 Å². The van der Waals surface area contributed by atoms with E-state index in [2.05, 4.69) is 0 Å². The van der Waals surface area contributed by atoms with E-state index in [1.807, 2.05) is 0 Å². The van der Waals surface area contributed by atoms with Crippen molar-refractivity contribution in [1.29, 1.82) is 0 Å². The topological polar surface area (TPSA) is 91.7 Å². The monoisotopic (exact) mass is 286 g/mol. The fraction of sp³-hybridized carbons (Fsp3) is 0.462. The lowest BCUT2D eigenvalue weighted by atomic mass is 9.84. The zero-order chi connectivity index (χ0) is 15.2. The van der Waals surface area contributed by atoms with Gasteiger partial charge in [0.15, 0.2) is 9.84 Å². The second kappa shape index (κ2) is 4.52. The molecule has 1 aromatic carbocycles. The summed E-state index contributed by atoms with van der Waals surface area (Å²) in [5, 5.41) is 19.3. The van der Waals surface area contributed by atoms with Gasteiger partial charge in [-0.3, -0.25) is 0 Å². The fourth-order valence-corrected chi connectivity index (χ4v) is 3.22. The Balaban J connectivity index is 3.95. The first-order valence-electron chi connectivity index (χ1n) is 5.67. The zero-order valence-corrected chi connectivity index (χ0v) is 12.4. The maximum Gasteiger partial charge on any atom is 0.339 e. The zero-order valence-electron chi connectivity index (χ0n) is 11.6. The summed E-state index contributed by atoms with van der Waals surface area (Å²) in [4.78, 5) is 11.1.